The number of rotatable bonds is 7. The fraction of sp³-hybridized carbons (Fsp3) is 0.292. The first-order valence-electron chi connectivity index (χ1n) is 9.82. The summed E-state index contributed by atoms with van der Waals surface area (Å²) in [4.78, 5) is 16.8. The molecule has 29 heavy (non-hydrogen) atoms. The van der Waals surface area contributed by atoms with Crippen LogP contribution in [0.3, 0.4) is 0 Å². The molecular formula is C24H28N2O3. The molecule has 0 aliphatic carbocycles. The fourth-order valence-electron chi connectivity index (χ4n) is 3.28. The Bertz CT molecular complexity index is 854. The van der Waals surface area contributed by atoms with Crippen LogP contribution in [0.5, 0.6) is 11.5 Å². The molecule has 152 valence electrons. The molecular weight excluding hydrogens is 364 g/mol. The zero-order chi connectivity index (χ0) is 20.5. The number of amides is 1. The van der Waals surface area contributed by atoms with Crippen LogP contribution in [0.15, 0.2) is 60.7 Å². The van der Waals surface area contributed by atoms with Crippen molar-refractivity contribution in [3.05, 3.63) is 71.8 Å². The molecule has 3 rings (SSSR count). The third-order valence-electron chi connectivity index (χ3n) is 4.98. The standard InChI is InChI=1S/C24H28N2O3/c1-28-22-12-10-21(19-23(22)29-2)11-13-24(27)26-17-15-25(16-18-26)14-6-9-20-7-4-3-5-8-20/h3-13,19H,14-18H2,1-2H3/b9-6+,13-11+. The highest BCUT2D eigenvalue weighted by Gasteiger charge is 2.18. The molecule has 5 heteroatoms. The number of hydrogen-bond acceptors (Lipinski definition) is 4. The van der Waals surface area contributed by atoms with E-state index in [1.54, 1.807) is 20.3 Å². The molecule has 2 aromatic rings. The topological polar surface area (TPSA) is 42.0 Å². The molecule has 0 atom stereocenters. The quantitative estimate of drug-likeness (QED) is 0.676. The van der Waals surface area contributed by atoms with Crippen LogP contribution in [0.25, 0.3) is 12.2 Å². The lowest BCUT2D eigenvalue weighted by Gasteiger charge is -2.33. The van der Waals surface area contributed by atoms with Gasteiger partial charge in [0, 0.05) is 38.8 Å². The number of hydrogen-bond donors (Lipinski definition) is 0. The van der Waals surface area contributed by atoms with Crippen LogP contribution in [0.1, 0.15) is 11.1 Å². The molecule has 1 fully saturated rings. The minimum Gasteiger partial charge on any atom is -0.493 e. The van der Waals surface area contributed by atoms with E-state index in [2.05, 4.69) is 29.2 Å². The Hall–Kier alpha value is -3.05. The van der Waals surface area contributed by atoms with E-state index >= 15 is 0 Å². The Morgan fingerprint density at radius 2 is 1.62 bits per heavy atom. The maximum Gasteiger partial charge on any atom is 0.246 e. The maximum absolute atomic E-state index is 12.5. The van der Waals surface area contributed by atoms with Gasteiger partial charge in [-0.25, -0.2) is 0 Å². The Morgan fingerprint density at radius 1 is 0.897 bits per heavy atom. The first-order valence-corrected chi connectivity index (χ1v) is 9.82. The molecule has 2 aromatic carbocycles. The van der Waals surface area contributed by atoms with E-state index in [-0.39, 0.29) is 5.91 Å². The van der Waals surface area contributed by atoms with Crippen molar-refractivity contribution in [3.8, 4) is 11.5 Å². The van der Waals surface area contributed by atoms with E-state index in [4.69, 9.17) is 9.47 Å². The predicted octanol–water partition coefficient (Wildman–Crippen LogP) is 3.57. The van der Waals surface area contributed by atoms with Crippen molar-refractivity contribution in [2.75, 3.05) is 46.9 Å². The zero-order valence-electron chi connectivity index (χ0n) is 17.1. The van der Waals surface area contributed by atoms with Gasteiger partial charge in [0.15, 0.2) is 11.5 Å². The summed E-state index contributed by atoms with van der Waals surface area (Å²) in [7, 11) is 3.21. The molecule has 1 saturated heterocycles. The Morgan fingerprint density at radius 3 is 2.31 bits per heavy atom. The molecule has 1 aliphatic rings. The second kappa shape index (κ2) is 10.5. The second-order valence-corrected chi connectivity index (χ2v) is 6.89. The van der Waals surface area contributed by atoms with E-state index in [9.17, 15) is 4.79 Å². The van der Waals surface area contributed by atoms with Crippen molar-refractivity contribution in [1.82, 2.24) is 9.80 Å². The summed E-state index contributed by atoms with van der Waals surface area (Å²) in [5.41, 5.74) is 2.11. The maximum atomic E-state index is 12.5. The first kappa shape index (κ1) is 20.7. The van der Waals surface area contributed by atoms with Crippen molar-refractivity contribution in [2.24, 2.45) is 0 Å². The average molecular weight is 392 g/mol. The van der Waals surface area contributed by atoms with E-state index in [1.807, 2.05) is 47.4 Å². The summed E-state index contributed by atoms with van der Waals surface area (Å²) in [6.45, 7) is 4.16. The lowest BCUT2D eigenvalue weighted by atomic mass is 10.2. The minimum atomic E-state index is 0.0410. The Labute approximate surface area is 172 Å². The molecule has 1 amide bonds. The number of methoxy groups -OCH3 is 2. The predicted molar refractivity (Wildman–Crippen MR) is 117 cm³/mol. The van der Waals surface area contributed by atoms with Crippen molar-refractivity contribution < 1.29 is 14.3 Å². The highest BCUT2D eigenvalue weighted by Crippen LogP contribution is 2.28. The lowest BCUT2D eigenvalue weighted by molar-refractivity contribution is -0.127. The monoisotopic (exact) mass is 392 g/mol. The van der Waals surface area contributed by atoms with Crippen molar-refractivity contribution >= 4 is 18.1 Å². The second-order valence-electron chi connectivity index (χ2n) is 6.89. The number of nitrogens with zero attached hydrogens (tertiary/aromatic N) is 2. The Balaban J connectivity index is 1.47. The highest BCUT2D eigenvalue weighted by molar-refractivity contribution is 5.92. The molecule has 0 radical (unpaired) electrons. The summed E-state index contributed by atoms with van der Waals surface area (Å²) in [6.07, 6.45) is 7.78. The first-order chi connectivity index (χ1) is 14.2. The van der Waals surface area contributed by atoms with Crippen LogP contribution < -0.4 is 9.47 Å². The third kappa shape index (κ3) is 5.96. The van der Waals surface area contributed by atoms with Crippen LogP contribution in [0.2, 0.25) is 0 Å². The van der Waals surface area contributed by atoms with Crippen LogP contribution in [-0.2, 0) is 4.79 Å². The largest absolute Gasteiger partial charge is 0.493 e. The van der Waals surface area contributed by atoms with Crippen LogP contribution in [0.4, 0.5) is 0 Å². The van der Waals surface area contributed by atoms with Gasteiger partial charge in [0.25, 0.3) is 0 Å². The van der Waals surface area contributed by atoms with Crippen LogP contribution in [-0.4, -0.2) is 62.7 Å². The van der Waals surface area contributed by atoms with Gasteiger partial charge in [-0.05, 0) is 29.3 Å². The van der Waals surface area contributed by atoms with Crippen LogP contribution >= 0.6 is 0 Å². The molecule has 0 unspecified atom stereocenters. The Kier molecular flexibility index (Phi) is 7.47. The zero-order valence-corrected chi connectivity index (χ0v) is 17.1. The summed E-state index contributed by atoms with van der Waals surface area (Å²) < 4.78 is 10.5. The van der Waals surface area contributed by atoms with Gasteiger partial charge in [-0.1, -0.05) is 48.6 Å². The molecule has 0 spiro atoms. The van der Waals surface area contributed by atoms with Gasteiger partial charge >= 0.3 is 0 Å². The summed E-state index contributed by atoms with van der Waals surface area (Å²) in [6, 6.07) is 15.9. The molecule has 0 N–H and O–H groups in total. The lowest BCUT2D eigenvalue weighted by Crippen LogP contribution is -2.48. The molecule has 0 bridgehead atoms. The van der Waals surface area contributed by atoms with E-state index in [0.717, 1.165) is 38.3 Å². The number of benzene rings is 2. The van der Waals surface area contributed by atoms with Crippen LogP contribution in [0, 0.1) is 0 Å². The highest BCUT2D eigenvalue weighted by atomic mass is 16.5. The van der Waals surface area contributed by atoms with Gasteiger partial charge in [-0.2, -0.15) is 0 Å². The molecule has 1 aliphatic heterocycles. The third-order valence-corrected chi connectivity index (χ3v) is 4.98. The molecule has 0 saturated carbocycles. The molecule has 0 aromatic heterocycles. The van der Waals surface area contributed by atoms with Crippen molar-refractivity contribution in [1.29, 1.82) is 0 Å². The average Bonchev–Trinajstić information content (AvgIpc) is 2.78. The van der Waals surface area contributed by atoms with E-state index < -0.39 is 0 Å². The van der Waals surface area contributed by atoms with Gasteiger partial charge in [-0.15, -0.1) is 0 Å². The minimum absolute atomic E-state index is 0.0410. The molecule has 5 nitrogen and oxygen atoms in total. The summed E-state index contributed by atoms with van der Waals surface area (Å²) in [5.74, 6) is 1.37. The van der Waals surface area contributed by atoms with Gasteiger partial charge in [0.2, 0.25) is 5.91 Å². The number of piperazine rings is 1. The van der Waals surface area contributed by atoms with Gasteiger partial charge < -0.3 is 14.4 Å². The van der Waals surface area contributed by atoms with Gasteiger partial charge in [-0.3, -0.25) is 9.69 Å². The smallest absolute Gasteiger partial charge is 0.246 e. The number of carbonyl (C=O) groups is 1. The van der Waals surface area contributed by atoms with Crippen molar-refractivity contribution in [3.63, 3.8) is 0 Å². The number of ether oxygens (including phenoxy) is 2. The van der Waals surface area contributed by atoms with Crippen molar-refractivity contribution in [2.45, 2.75) is 0 Å². The normalized spacial score (nSPS) is 15.2. The van der Waals surface area contributed by atoms with E-state index in [1.165, 1.54) is 5.56 Å². The number of carbonyl (C=O) groups excluding carboxylic acids is 1. The SMILES string of the molecule is COc1ccc(/C=C/C(=O)N2CCN(C/C=C/c3ccccc3)CC2)cc1OC. The summed E-state index contributed by atoms with van der Waals surface area (Å²) in [5, 5.41) is 0. The van der Waals surface area contributed by atoms with Gasteiger partial charge in [0.05, 0.1) is 14.2 Å². The summed E-state index contributed by atoms with van der Waals surface area (Å²) >= 11 is 0. The van der Waals surface area contributed by atoms with E-state index in [0.29, 0.717) is 11.5 Å². The fourth-order valence-corrected chi connectivity index (χ4v) is 3.28. The molecule has 1 heterocycles. The van der Waals surface area contributed by atoms with Gasteiger partial charge in [0.1, 0.15) is 0 Å².